The normalized spacial score (nSPS) is 10.7. The molecule has 0 fully saturated rings. The summed E-state index contributed by atoms with van der Waals surface area (Å²) in [6, 6.07) is 11.0. The van der Waals surface area contributed by atoms with Gasteiger partial charge in [-0.25, -0.2) is 4.98 Å². The van der Waals surface area contributed by atoms with E-state index in [0.717, 1.165) is 20.9 Å². The van der Waals surface area contributed by atoms with Gasteiger partial charge in [-0.05, 0) is 36.8 Å². The molecule has 2 N–H and O–H groups in total. The molecule has 4 nitrogen and oxygen atoms in total. The number of hydrogen-bond donors (Lipinski definition) is 2. The molecule has 3 rings (SSSR count). The topological polar surface area (TPSA) is 54.0 Å². The van der Waals surface area contributed by atoms with Crippen LogP contribution in [-0.4, -0.2) is 17.9 Å². The maximum absolute atomic E-state index is 12.4. The third kappa shape index (κ3) is 2.77. The lowest BCUT2D eigenvalue weighted by molar-refractivity contribution is 0.102. The lowest BCUT2D eigenvalue weighted by Gasteiger charge is -2.10. The summed E-state index contributed by atoms with van der Waals surface area (Å²) >= 11 is 7.66. The molecule has 1 aromatic heterocycles. The molecule has 0 saturated heterocycles. The zero-order valence-electron chi connectivity index (χ0n) is 12.1. The standard InChI is InChI=1S/C16H14ClN3OS/c1-9-4-3-5-11(17)14(9)20-15(21)10-6-7-12-13(8-10)22-16(18-2)19-12/h3-8H,1-2H3,(H,18,19)(H,20,21). The van der Waals surface area contributed by atoms with Crippen LogP contribution in [0.5, 0.6) is 0 Å². The molecule has 0 aliphatic rings. The summed E-state index contributed by atoms with van der Waals surface area (Å²) in [6.07, 6.45) is 0. The van der Waals surface area contributed by atoms with Crippen molar-refractivity contribution in [2.45, 2.75) is 6.92 Å². The molecule has 22 heavy (non-hydrogen) atoms. The summed E-state index contributed by atoms with van der Waals surface area (Å²) in [4.78, 5) is 16.8. The van der Waals surface area contributed by atoms with Crippen LogP contribution in [0.25, 0.3) is 10.2 Å². The van der Waals surface area contributed by atoms with E-state index in [-0.39, 0.29) is 5.91 Å². The van der Waals surface area contributed by atoms with Gasteiger partial charge in [-0.3, -0.25) is 4.79 Å². The molecule has 0 saturated carbocycles. The van der Waals surface area contributed by atoms with Gasteiger partial charge in [0.1, 0.15) is 0 Å². The predicted molar refractivity (Wildman–Crippen MR) is 93.3 cm³/mol. The highest BCUT2D eigenvalue weighted by Crippen LogP contribution is 2.28. The Hall–Kier alpha value is -2.11. The Balaban J connectivity index is 1.91. The maximum Gasteiger partial charge on any atom is 0.255 e. The van der Waals surface area contributed by atoms with Crippen LogP contribution in [0.3, 0.4) is 0 Å². The fraction of sp³-hybridized carbons (Fsp3) is 0.125. The van der Waals surface area contributed by atoms with Crippen LogP contribution in [0.2, 0.25) is 5.02 Å². The summed E-state index contributed by atoms with van der Waals surface area (Å²) in [5, 5.41) is 7.25. The Morgan fingerprint density at radius 3 is 2.82 bits per heavy atom. The second kappa shape index (κ2) is 5.94. The highest BCUT2D eigenvalue weighted by Gasteiger charge is 2.12. The van der Waals surface area contributed by atoms with Crippen LogP contribution < -0.4 is 10.6 Å². The number of para-hydroxylation sites is 1. The maximum atomic E-state index is 12.4. The number of benzene rings is 2. The number of fused-ring (bicyclic) bond motifs is 1. The molecule has 0 aliphatic carbocycles. The number of nitrogens with one attached hydrogen (secondary N) is 2. The molecule has 1 amide bonds. The minimum Gasteiger partial charge on any atom is -0.365 e. The van der Waals surface area contributed by atoms with E-state index < -0.39 is 0 Å². The van der Waals surface area contributed by atoms with Gasteiger partial charge in [0.15, 0.2) is 5.13 Å². The van der Waals surface area contributed by atoms with E-state index in [0.29, 0.717) is 16.3 Å². The first-order valence-corrected chi connectivity index (χ1v) is 7.93. The number of hydrogen-bond acceptors (Lipinski definition) is 4. The molecule has 0 bridgehead atoms. The van der Waals surface area contributed by atoms with Gasteiger partial charge >= 0.3 is 0 Å². The van der Waals surface area contributed by atoms with E-state index in [1.54, 1.807) is 12.1 Å². The van der Waals surface area contributed by atoms with E-state index in [4.69, 9.17) is 11.6 Å². The predicted octanol–water partition coefficient (Wildman–Crippen LogP) is 4.55. The number of thiazole rings is 1. The average Bonchev–Trinajstić information content (AvgIpc) is 2.93. The van der Waals surface area contributed by atoms with Crippen LogP contribution in [0.15, 0.2) is 36.4 Å². The van der Waals surface area contributed by atoms with Crippen LogP contribution in [0.1, 0.15) is 15.9 Å². The second-order valence-electron chi connectivity index (χ2n) is 4.84. The number of carbonyl (C=O) groups excluding carboxylic acids is 1. The minimum atomic E-state index is -0.183. The van der Waals surface area contributed by atoms with Crippen molar-refractivity contribution in [3.05, 3.63) is 52.5 Å². The first-order valence-electron chi connectivity index (χ1n) is 6.73. The number of anilines is 2. The lowest BCUT2D eigenvalue weighted by Crippen LogP contribution is -2.13. The Labute approximate surface area is 137 Å². The Morgan fingerprint density at radius 2 is 2.09 bits per heavy atom. The smallest absolute Gasteiger partial charge is 0.255 e. The monoisotopic (exact) mass is 331 g/mol. The Bertz CT molecular complexity index is 839. The van der Waals surface area contributed by atoms with Gasteiger partial charge < -0.3 is 10.6 Å². The molecule has 0 unspecified atom stereocenters. The Kier molecular flexibility index (Phi) is 4.00. The number of rotatable bonds is 3. The first kappa shape index (κ1) is 14.8. The van der Waals surface area contributed by atoms with E-state index in [2.05, 4.69) is 15.6 Å². The van der Waals surface area contributed by atoms with Crippen LogP contribution >= 0.6 is 22.9 Å². The molecular weight excluding hydrogens is 318 g/mol. The van der Waals surface area contributed by atoms with Gasteiger partial charge in [0.2, 0.25) is 0 Å². The molecule has 0 spiro atoms. The van der Waals surface area contributed by atoms with E-state index in [1.165, 1.54) is 11.3 Å². The summed E-state index contributed by atoms with van der Waals surface area (Å²) < 4.78 is 0.966. The highest BCUT2D eigenvalue weighted by atomic mass is 35.5. The largest absolute Gasteiger partial charge is 0.365 e. The first-order chi connectivity index (χ1) is 10.6. The van der Waals surface area contributed by atoms with Gasteiger partial charge in [0.05, 0.1) is 20.9 Å². The van der Waals surface area contributed by atoms with Crippen molar-refractivity contribution in [3.63, 3.8) is 0 Å². The number of carbonyl (C=O) groups is 1. The van der Waals surface area contributed by atoms with E-state index in [9.17, 15) is 4.79 Å². The highest BCUT2D eigenvalue weighted by molar-refractivity contribution is 7.22. The SMILES string of the molecule is CNc1nc2ccc(C(=O)Nc3c(C)cccc3Cl)cc2s1. The number of halogens is 1. The zero-order chi connectivity index (χ0) is 15.7. The quantitative estimate of drug-likeness (QED) is 0.740. The van der Waals surface area contributed by atoms with Gasteiger partial charge in [0, 0.05) is 12.6 Å². The molecule has 0 aliphatic heterocycles. The summed E-state index contributed by atoms with van der Waals surface area (Å²) in [7, 11) is 1.82. The molecule has 1 heterocycles. The average molecular weight is 332 g/mol. The summed E-state index contributed by atoms with van der Waals surface area (Å²) in [5.41, 5.74) is 3.03. The van der Waals surface area contributed by atoms with Gasteiger partial charge in [-0.1, -0.05) is 35.1 Å². The summed E-state index contributed by atoms with van der Waals surface area (Å²) in [6.45, 7) is 1.91. The number of amides is 1. The lowest BCUT2D eigenvalue weighted by atomic mass is 10.1. The van der Waals surface area contributed by atoms with Crippen LogP contribution in [-0.2, 0) is 0 Å². The fourth-order valence-corrected chi connectivity index (χ4v) is 3.28. The van der Waals surface area contributed by atoms with Gasteiger partial charge in [0.25, 0.3) is 5.91 Å². The van der Waals surface area contributed by atoms with Crippen molar-refractivity contribution in [1.29, 1.82) is 0 Å². The molecule has 0 atom stereocenters. The third-order valence-electron chi connectivity index (χ3n) is 3.32. The second-order valence-corrected chi connectivity index (χ2v) is 6.28. The van der Waals surface area contributed by atoms with Gasteiger partial charge in [-0.2, -0.15) is 0 Å². The van der Waals surface area contributed by atoms with Crippen LogP contribution in [0, 0.1) is 6.92 Å². The van der Waals surface area contributed by atoms with Crippen LogP contribution in [0.4, 0.5) is 10.8 Å². The van der Waals surface area contributed by atoms with E-state index >= 15 is 0 Å². The van der Waals surface area contributed by atoms with Crippen molar-refractivity contribution in [1.82, 2.24) is 4.98 Å². The van der Waals surface area contributed by atoms with Crippen molar-refractivity contribution in [2.75, 3.05) is 17.7 Å². The molecule has 2 aromatic carbocycles. The molecule has 0 radical (unpaired) electrons. The van der Waals surface area contributed by atoms with Crippen molar-refractivity contribution in [3.8, 4) is 0 Å². The fourth-order valence-electron chi connectivity index (χ4n) is 2.15. The summed E-state index contributed by atoms with van der Waals surface area (Å²) in [5.74, 6) is -0.183. The number of nitrogens with zero attached hydrogens (tertiary/aromatic N) is 1. The van der Waals surface area contributed by atoms with Crippen molar-refractivity contribution in [2.24, 2.45) is 0 Å². The minimum absolute atomic E-state index is 0.183. The third-order valence-corrected chi connectivity index (χ3v) is 4.68. The van der Waals surface area contributed by atoms with Crippen molar-refractivity contribution >= 4 is 49.9 Å². The number of aryl methyl sites for hydroxylation is 1. The molecule has 112 valence electrons. The van der Waals surface area contributed by atoms with Gasteiger partial charge in [-0.15, -0.1) is 0 Å². The Morgan fingerprint density at radius 1 is 1.27 bits per heavy atom. The molecule has 3 aromatic rings. The zero-order valence-corrected chi connectivity index (χ0v) is 13.7. The van der Waals surface area contributed by atoms with Crippen molar-refractivity contribution < 1.29 is 4.79 Å². The van der Waals surface area contributed by atoms with E-state index in [1.807, 2.05) is 38.2 Å². The molecular formula is C16H14ClN3OS. The number of aromatic nitrogens is 1. The molecule has 6 heteroatoms.